The fraction of sp³-hybridized carbons (Fsp3) is 0.600. The molecule has 0 aromatic carbocycles. The number of hydrogen-bond donors (Lipinski definition) is 12. The molecular formula is C30H44N4O20P2. The zero-order valence-corrected chi connectivity index (χ0v) is 31.0. The molecule has 4 aliphatic rings. The number of aromatic nitrogens is 2. The van der Waals surface area contributed by atoms with Crippen LogP contribution in [0.4, 0.5) is 0 Å². The first-order chi connectivity index (χ1) is 26.3. The molecule has 0 saturated carbocycles. The molecule has 4 fully saturated rings. The van der Waals surface area contributed by atoms with Gasteiger partial charge in [-0.2, -0.15) is 0 Å². The fourth-order valence-corrected chi connectivity index (χ4v) is 11.0. The standard InChI is InChI=1S/C30H44N4O20P2/c31-29(27(43)55(45)47-11-5-15(53-55)13-1-7-33-8-2-13)21(39)19(37)25(51-29)49-23(41)17(35)18(36)24(42)50-26-20(38)22(40)30(32,52-26)28(44)56(46)48-12-6-16(54-56)14-3-9-34-10-4-14/h1-4,7-10,15-22,25-28,35-40,43-46,55-56H,5-6,11-12,31-32H2/t15-,16-,17?,18?,19-,20-,21-,22-,25+,26+,27?,28?,29-,30-/m1/s1. The monoisotopic (exact) mass is 842 g/mol. The van der Waals surface area contributed by atoms with Crippen LogP contribution < -0.4 is 11.5 Å². The number of esters is 2. The van der Waals surface area contributed by atoms with E-state index in [2.05, 4.69) is 9.97 Å². The molecule has 314 valence electrons. The zero-order valence-electron chi connectivity index (χ0n) is 29.0. The van der Waals surface area contributed by atoms with Crippen LogP contribution in [0.1, 0.15) is 36.2 Å². The Morgan fingerprint density at radius 2 is 1.02 bits per heavy atom. The Balaban J connectivity index is 1.06. The molecule has 4 unspecified atom stereocenters. The van der Waals surface area contributed by atoms with Crippen LogP contribution in [0, 0.1) is 0 Å². The first kappa shape index (κ1) is 43.0. The molecule has 14 atom stereocenters. The Labute approximate surface area is 317 Å². The van der Waals surface area contributed by atoms with Crippen LogP contribution in [0.3, 0.4) is 0 Å². The van der Waals surface area contributed by atoms with Crippen LogP contribution in [0.15, 0.2) is 49.1 Å². The molecule has 0 aliphatic carbocycles. The molecular weight excluding hydrogens is 798 g/mol. The number of hydrogen-bond acceptors (Lipinski definition) is 24. The van der Waals surface area contributed by atoms with Crippen LogP contribution in [0.25, 0.3) is 0 Å². The van der Waals surface area contributed by atoms with E-state index in [0.717, 1.165) is 0 Å². The van der Waals surface area contributed by atoms with E-state index in [9.17, 15) is 60.2 Å². The number of carbonyl (C=O) groups is 2. The van der Waals surface area contributed by atoms with Gasteiger partial charge in [-0.3, -0.25) is 0 Å². The first-order valence-corrected chi connectivity index (χ1v) is 20.7. The van der Waals surface area contributed by atoms with Crippen molar-refractivity contribution in [3.05, 3.63) is 60.2 Å². The first-order valence-electron chi connectivity index (χ1n) is 17.0. The number of nitrogens with zero attached hydrogens (tertiary/aromatic N) is 2. The molecule has 0 bridgehead atoms. The molecule has 26 heteroatoms. The van der Waals surface area contributed by atoms with Crippen molar-refractivity contribution >= 4 is 27.8 Å². The SMILES string of the molecule is N[C@@]1(C(O)[PH]2(O)OCC[C@H](c3ccncc3)O2)O[C@H](OC(=O)C(O)C(O)C(=O)O[C@H]2O[C@@](N)(C(O)[PH]3(O)OCC[C@H](c4ccncc4)O3)[C@H](O)[C@H]2O)[C@H](O)[C@H]1O. The molecule has 4 saturated heterocycles. The number of rotatable bonds is 11. The summed E-state index contributed by atoms with van der Waals surface area (Å²) in [7, 11) is -9.55. The van der Waals surface area contributed by atoms with Crippen molar-refractivity contribution < 1.29 is 97.3 Å². The molecule has 6 heterocycles. The Hall–Kier alpha value is -2.62. The summed E-state index contributed by atoms with van der Waals surface area (Å²) in [4.78, 5) is 55.7. The predicted molar refractivity (Wildman–Crippen MR) is 182 cm³/mol. The van der Waals surface area contributed by atoms with Crippen molar-refractivity contribution in [3.8, 4) is 0 Å². The molecule has 14 N–H and O–H groups in total. The Morgan fingerprint density at radius 3 is 1.36 bits per heavy atom. The van der Waals surface area contributed by atoms with Gasteiger partial charge in [-0.1, -0.05) is 0 Å². The van der Waals surface area contributed by atoms with Crippen molar-refractivity contribution in [2.75, 3.05) is 13.2 Å². The second kappa shape index (κ2) is 16.6. The van der Waals surface area contributed by atoms with Gasteiger partial charge >= 0.3 is 317 Å². The Kier molecular flexibility index (Phi) is 12.7. The maximum atomic E-state index is 12.8. The minimum atomic E-state index is -4.78. The van der Waals surface area contributed by atoms with E-state index in [4.69, 9.17) is 48.5 Å². The van der Waals surface area contributed by atoms with Crippen LogP contribution in [0.5, 0.6) is 0 Å². The van der Waals surface area contributed by atoms with E-state index in [1.54, 1.807) is 24.3 Å². The van der Waals surface area contributed by atoms with E-state index in [1.165, 1.54) is 24.8 Å². The third-order valence-corrected chi connectivity index (χ3v) is 14.5. The van der Waals surface area contributed by atoms with E-state index in [-0.39, 0.29) is 26.1 Å². The average Bonchev–Trinajstić information content (AvgIpc) is 3.55. The van der Waals surface area contributed by atoms with Crippen LogP contribution in [0.2, 0.25) is 0 Å². The summed E-state index contributed by atoms with van der Waals surface area (Å²) in [6.45, 7) is -0.260. The Morgan fingerprint density at radius 1 is 0.679 bits per heavy atom. The van der Waals surface area contributed by atoms with Crippen molar-refractivity contribution in [1.29, 1.82) is 0 Å². The summed E-state index contributed by atoms with van der Waals surface area (Å²) in [6.07, 6.45) is -14.6. The average molecular weight is 843 g/mol. The van der Waals surface area contributed by atoms with E-state index >= 15 is 0 Å². The number of aliphatic hydroxyl groups is 8. The van der Waals surface area contributed by atoms with Gasteiger partial charge in [0, 0.05) is 0 Å². The minimum absolute atomic E-state index is 0.130. The summed E-state index contributed by atoms with van der Waals surface area (Å²) in [6, 6.07) is 6.34. The van der Waals surface area contributed by atoms with Gasteiger partial charge in [0.1, 0.15) is 0 Å². The van der Waals surface area contributed by atoms with Crippen LogP contribution in [-0.2, 0) is 46.6 Å². The van der Waals surface area contributed by atoms with Gasteiger partial charge in [0.05, 0.1) is 0 Å². The quantitative estimate of drug-likeness (QED) is 0.0744. The zero-order chi connectivity index (χ0) is 40.8. The number of aliphatic hydroxyl groups excluding tert-OH is 8. The van der Waals surface area contributed by atoms with Crippen LogP contribution in [-0.4, -0.2) is 158 Å². The molecule has 2 aromatic heterocycles. The fourth-order valence-electron chi connectivity index (χ4n) is 6.48. The number of carbonyl (C=O) groups excluding carboxylic acids is 2. The molecule has 6 rings (SSSR count). The van der Waals surface area contributed by atoms with Gasteiger partial charge in [0.2, 0.25) is 0 Å². The molecule has 2 aromatic rings. The molecule has 56 heavy (non-hydrogen) atoms. The summed E-state index contributed by atoms with van der Waals surface area (Å²) < 4.78 is 42.1. The molecule has 0 radical (unpaired) electrons. The predicted octanol–water partition coefficient (Wildman–Crippen LogP) is -4.98. The Bertz CT molecular complexity index is 1580. The molecule has 0 amide bonds. The van der Waals surface area contributed by atoms with E-state index in [1.807, 2.05) is 0 Å². The van der Waals surface area contributed by atoms with Gasteiger partial charge in [-0.05, 0) is 0 Å². The van der Waals surface area contributed by atoms with Crippen molar-refractivity contribution in [2.45, 2.75) is 97.4 Å². The maximum absolute atomic E-state index is 12.8. The molecule has 0 spiro atoms. The van der Waals surface area contributed by atoms with Gasteiger partial charge in [-0.25, -0.2) is 0 Å². The molecule has 24 nitrogen and oxygen atoms in total. The summed E-state index contributed by atoms with van der Waals surface area (Å²) in [5, 5.41) is 85.7. The van der Waals surface area contributed by atoms with Crippen molar-refractivity contribution in [2.24, 2.45) is 11.5 Å². The van der Waals surface area contributed by atoms with Gasteiger partial charge < -0.3 is 0 Å². The van der Waals surface area contributed by atoms with E-state index in [0.29, 0.717) is 11.1 Å². The van der Waals surface area contributed by atoms with Gasteiger partial charge in [0.15, 0.2) is 0 Å². The second-order valence-corrected chi connectivity index (χ2v) is 18.1. The van der Waals surface area contributed by atoms with Crippen molar-refractivity contribution in [3.63, 3.8) is 0 Å². The summed E-state index contributed by atoms with van der Waals surface area (Å²) >= 11 is 0. The summed E-state index contributed by atoms with van der Waals surface area (Å²) in [5.41, 5.74) is 7.62. The molecule has 4 aliphatic heterocycles. The van der Waals surface area contributed by atoms with Crippen molar-refractivity contribution in [1.82, 2.24) is 9.97 Å². The number of ether oxygens (including phenoxy) is 4. The number of nitrogens with two attached hydrogens (primary N) is 2. The third-order valence-electron chi connectivity index (χ3n) is 9.72. The number of pyridine rings is 2. The topological polar surface area (TPSA) is 388 Å². The van der Waals surface area contributed by atoms with Gasteiger partial charge in [0.25, 0.3) is 0 Å². The van der Waals surface area contributed by atoms with E-state index < -0.39 is 112 Å². The normalized spacial score (nSPS) is 38.7. The second-order valence-electron chi connectivity index (χ2n) is 13.4. The van der Waals surface area contributed by atoms with Gasteiger partial charge in [-0.15, -0.1) is 0 Å². The van der Waals surface area contributed by atoms with Crippen LogP contribution >= 0.6 is 15.9 Å². The summed E-state index contributed by atoms with van der Waals surface area (Å²) in [5.74, 6) is -8.49. The third kappa shape index (κ3) is 8.04.